The minimum Gasteiger partial charge on any atom is -0.294 e. The van der Waals surface area contributed by atoms with Crippen molar-refractivity contribution in [1.82, 2.24) is 0 Å². The molecule has 0 saturated carbocycles. The van der Waals surface area contributed by atoms with Gasteiger partial charge in [0.25, 0.3) is 0 Å². The SMILES string of the molecule is CC(C(=O)c1ccc(Br)cc1)C(C)(C)C. The molecular weight excluding hydrogens is 252 g/mol. The minimum absolute atomic E-state index is 0.0180. The molecule has 0 fully saturated rings. The highest BCUT2D eigenvalue weighted by molar-refractivity contribution is 9.10. The fourth-order valence-corrected chi connectivity index (χ4v) is 1.52. The Morgan fingerprint density at radius 1 is 1.20 bits per heavy atom. The van der Waals surface area contributed by atoms with Gasteiger partial charge in [0, 0.05) is 16.0 Å². The fourth-order valence-electron chi connectivity index (χ4n) is 1.26. The largest absolute Gasteiger partial charge is 0.294 e. The smallest absolute Gasteiger partial charge is 0.166 e. The van der Waals surface area contributed by atoms with Gasteiger partial charge in [0.2, 0.25) is 0 Å². The van der Waals surface area contributed by atoms with Gasteiger partial charge in [-0.15, -0.1) is 0 Å². The van der Waals surface area contributed by atoms with E-state index in [-0.39, 0.29) is 17.1 Å². The third-order valence-electron chi connectivity index (χ3n) is 2.82. The Bertz CT molecular complexity index is 346. The van der Waals surface area contributed by atoms with Crippen molar-refractivity contribution in [3.8, 4) is 0 Å². The molecule has 2 heteroatoms. The van der Waals surface area contributed by atoms with E-state index in [1.54, 1.807) is 0 Å². The van der Waals surface area contributed by atoms with Gasteiger partial charge >= 0.3 is 0 Å². The predicted octanol–water partition coefficient (Wildman–Crippen LogP) is 4.31. The number of Topliss-reactive ketones (excluding diaryl/α,β-unsaturated/α-hetero) is 1. The summed E-state index contributed by atoms with van der Waals surface area (Å²) in [4.78, 5) is 12.1. The lowest BCUT2D eigenvalue weighted by atomic mass is 9.78. The molecule has 1 unspecified atom stereocenters. The van der Waals surface area contributed by atoms with Crippen LogP contribution in [-0.2, 0) is 0 Å². The third kappa shape index (κ3) is 3.16. The number of halogens is 1. The molecule has 0 aliphatic rings. The Balaban J connectivity index is 2.90. The van der Waals surface area contributed by atoms with Crippen LogP contribution >= 0.6 is 15.9 Å². The Morgan fingerprint density at radius 3 is 2.07 bits per heavy atom. The van der Waals surface area contributed by atoms with Crippen LogP contribution < -0.4 is 0 Å². The number of rotatable bonds is 2. The zero-order chi connectivity index (χ0) is 11.6. The maximum Gasteiger partial charge on any atom is 0.166 e. The Labute approximate surface area is 100 Å². The third-order valence-corrected chi connectivity index (χ3v) is 3.35. The van der Waals surface area contributed by atoms with Crippen LogP contribution in [0.4, 0.5) is 0 Å². The van der Waals surface area contributed by atoms with Crippen molar-refractivity contribution in [2.75, 3.05) is 0 Å². The summed E-state index contributed by atoms with van der Waals surface area (Å²) in [5.41, 5.74) is 0.810. The van der Waals surface area contributed by atoms with Crippen LogP contribution in [0.1, 0.15) is 38.1 Å². The van der Waals surface area contributed by atoms with E-state index in [4.69, 9.17) is 0 Å². The van der Waals surface area contributed by atoms with E-state index in [1.165, 1.54) is 0 Å². The van der Waals surface area contributed by atoms with Gasteiger partial charge in [-0.05, 0) is 17.5 Å². The zero-order valence-electron chi connectivity index (χ0n) is 9.67. The van der Waals surface area contributed by atoms with E-state index in [1.807, 2.05) is 31.2 Å². The second-order valence-corrected chi connectivity index (χ2v) is 5.87. The van der Waals surface area contributed by atoms with E-state index >= 15 is 0 Å². The molecular formula is C13H17BrO. The number of hydrogen-bond acceptors (Lipinski definition) is 1. The van der Waals surface area contributed by atoms with Crippen LogP contribution in [0.2, 0.25) is 0 Å². The van der Waals surface area contributed by atoms with Crippen LogP contribution in [0, 0.1) is 11.3 Å². The number of ketones is 1. The molecule has 0 amide bonds. The van der Waals surface area contributed by atoms with Crippen molar-refractivity contribution in [2.24, 2.45) is 11.3 Å². The molecule has 0 aliphatic heterocycles. The first-order valence-corrected chi connectivity index (χ1v) is 5.91. The lowest BCUT2D eigenvalue weighted by Gasteiger charge is -2.25. The van der Waals surface area contributed by atoms with Gasteiger partial charge in [-0.3, -0.25) is 4.79 Å². The van der Waals surface area contributed by atoms with Gasteiger partial charge in [0.05, 0.1) is 0 Å². The van der Waals surface area contributed by atoms with Crippen molar-refractivity contribution in [3.05, 3.63) is 34.3 Å². The van der Waals surface area contributed by atoms with Gasteiger partial charge in [-0.1, -0.05) is 55.8 Å². The molecule has 0 N–H and O–H groups in total. The van der Waals surface area contributed by atoms with E-state index in [9.17, 15) is 4.79 Å². The first-order valence-electron chi connectivity index (χ1n) is 5.12. The Kier molecular flexibility index (Phi) is 3.72. The number of carbonyl (C=O) groups is 1. The quantitative estimate of drug-likeness (QED) is 0.731. The van der Waals surface area contributed by atoms with E-state index in [0.717, 1.165) is 10.0 Å². The molecule has 1 aromatic rings. The van der Waals surface area contributed by atoms with Crippen molar-refractivity contribution in [1.29, 1.82) is 0 Å². The molecule has 0 spiro atoms. The van der Waals surface area contributed by atoms with E-state index < -0.39 is 0 Å². The maximum absolute atomic E-state index is 12.1. The average Bonchev–Trinajstić information content (AvgIpc) is 2.15. The zero-order valence-corrected chi connectivity index (χ0v) is 11.3. The molecule has 0 saturated heterocycles. The fraction of sp³-hybridized carbons (Fsp3) is 0.462. The van der Waals surface area contributed by atoms with E-state index in [2.05, 4.69) is 36.7 Å². The number of benzene rings is 1. The number of hydrogen-bond donors (Lipinski definition) is 0. The van der Waals surface area contributed by atoms with Crippen LogP contribution in [-0.4, -0.2) is 5.78 Å². The highest BCUT2D eigenvalue weighted by atomic mass is 79.9. The lowest BCUT2D eigenvalue weighted by molar-refractivity contribution is 0.0839. The summed E-state index contributed by atoms with van der Waals surface area (Å²) in [6.07, 6.45) is 0. The summed E-state index contributed by atoms with van der Waals surface area (Å²) in [5, 5.41) is 0. The molecule has 0 bridgehead atoms. The molecule has 0 aromatic heterocycles. The van der Waals surface area contributed by atoms with Crippen molar-refractivity contribution >= 4 is 21.7 Å². The summed E-state index contributed by atoms with van der Waals surface area (Å²) in [5.74, 6) is 0.258. The highest BCUT2D eigenvalue weighted by Crippen LogP contribution is 2.28. The lowest BCUT2D eigenvalue weighted by Crippen LogP contribution is -2.25. The second kappa shape index (κ2) is 4.48. The first kappa shape index (κ1) is 12.4. The van der Waals surface area contributed by atoms with Gasteiger partial charge in [0.1, 0.15) is 0 Å². The van der Waals surface area contributed by atoms with Gasteiger partial charge in [0.15, 0.2) is 5.78 Å². The maximum atomic E-state index is 12.1. The van der Waals surface area contributed by atoms with Crippen LogP contribution in [0.5, 0.6) is 0 Å². The molecule has 0 radical (unpaired) electrons. The summed E-state index contributed by atoms with van der Waals surface area (Å²) >= 11 is 3.36. The van der Waals surface area contributed by atoms with Crippen LogP contribution in [0.3, 0.4) is 0 Å². The van der Waals surface area contributed by atoms with Gasteiger partial charge in [-0.25, -0.2) is 0 Å². The van der Waals surface area contributed by atoms with Gasteiger partial charge < -0.3 is 0 Å². The summed E-state index contributed by atoms with van der Waals surface area (Å²) < 4.78 is 1.00. The van der Waals surface area contributed by atoms with Crippen molar-refractivity contribution in [2.45, 2.75) is 27.7 Å². The summed E-state index contributed by atoms with van der Waals surface area (Å²) in [6, 6.07) is 7.55. The molecule has 1 nitrogen and oxygen atoms in total. The molecule has 1 rings (SSSR count). The standard InChI is InChI=1S/C13H17BrO/c1-9(13(2,3)4)12(15)10-5-7-11(14)8-6-10/h5-9H,1-4H3. The molecule has 1 aromatic carbocycles. The summed E-state index contributed by atoms with van der Waals surface area (Å²) in [7, 11) is 0. The molecule has 82 valence electrons. The second-order valence-electron chi connectivity index (χ2n) is 4.96. The molecule has 15 heavy (non-hydrogen) atoms. The van der Waals surface area contributed by atoms with Gasteiger partial charge in [-0.2, -0.15) is 0 Å². The monoisotopic (exact) mass is 268 g/mol. The highest BCUT2D eigenvalue weighted by Gasteiger charge is 2.27. The van der Waals surface area contributed by atoms with Crippen LogP contribution in [0.25, 0.3) is 0 Å². The van der Waals surface area contributed by atoms with Crippen molar-refractivity contribution < 1.29 is 4.79 Å². The Morgan fingerprint density at radius 2 is 1.67 bits per heavy atom. The first-order chi connectivity index (χ1) is 6.82. The molecule has 1 atom stereocenters. The topological polar surface area (TPSA) is 17.1 Å². The molecule has 0 aliphatic carbocycles. The van der Waals surface area contributed by atoms with Crippen molar-refractivity contribution in [3.63, 3.8) is 0 Å². The minimum atomic E-state index is 0.0180. The molecule has 0 heterocycles. The number of carbonyl (C=O) groups excluding carboxylic acids is 1. The summed E-state index contributed by atoms with van der Waals surface area (Å²) in [6.45, 7) is 8.27. The normalized spacial score (nSPS) is 13.7. The average molecular weight is 269 g/mol. The Hall–Kier alpha value is -0.630. The van der Waals surface area contributed by atoms with Crippen LogP contribution in [0.15, 0.2) is 28.7 Å². The van der Waals surface area contributed by atoms with E-state index in [0.29, 0.717) is 0 Å². The predicted molar refractivity (Wildman–Crippen MR) is 67.1 cm³/mol.